The maximum atomic E-state index is 10.6. The van der Waals surface area contributed by atoms with Crippen molar-refractivity contribution in [1.82, 2.24) is 4.68 Å². The first-order valence-corrected chi connectivity index (χ1v) is 3.82. The summed E-state index contributed by atoms with van der Waals surface area (Å²) in [5.74, 6) is 4.84. The van der Waals surface area contributed by atoms with E-state index in [0.29, 0.717) is 3.95 Å². The lowest BCUT2D eigenvalue weighted by molar-refractivity contribution is 0.100. The molecule has 5 nitrogen and oxygen atoms in total. The number of rotatable bonds is 1. The maximum absolute atomic E-state index is 10.6. The molecule has 0 aliphatic carbocycles. The summed E-state index contributed by atoms with van der Waals surface area (Å²) in [6.07, 6.45) is 0. The average molecular weight is 190 g/mol. The number of aromatic nitrogens is 1. The number of carbonyl (C=O) groups is 1. The van der Waals surface area contributed by atoms with E-state index in [0.717, 1.165) is 16.0 Å². The molecule has 0 aromatic carbocycles. The molecule has 1 aromatic rings. The smallest absolute Gasteiger partial charge is 0.262 e. The lowest BCUT2D eigenvalue weighted by Gasteiger charge is -1.94. The highest BCUT2D eigenvalue weighted by Gasteiger charge is 2.11. The summed E-state index contributed by atoms with van der Waals surface area (Å²) in [6.45, 7) is 0. The van der Waals surface area contributed by atoms with Crippen molar-refractivity contribution in [2.24, 2.45) is 5.73 Å². The van der Waals surface area contributed by atoms with E-state index in [2.05, 4.69) is 0 Å². The van der Waals surface area contributed by atoms with Crippen molar-refractivity contribution in [1.29, 1.82) is 0 Å². The first-order chi connectivity index (χ1) is 5.04. The van der Waals surface area contributed by atoms with Gasteiger partial charge < -0.3 is 17.3 Å². The van der Waals surface area contributed by atoms with E-state index in [1.165, 1.54) is 0 Å². The molecule has 0 bridgehead atoms. The number of nitrogens with zero attached hydrogens (tertiary/aromatic N) is 1. The summed E-state index contributed by atoms with van der Waals surface area (Å²) < 4.78 is 1.39. The van der Waals surface area contributed by atoms with Crippen molar-refractivity contribution in [3.05, 3.63) is 8.83 Å². The molecule has 0 unspecified atom stereocenters. The van der Waals surface area contributed by atoms with Crippen LogP contribution in [0, 0.1) is 3.95 Å². The number of nitrogens with two attached hydrogens (primary N) is 3. The third-order valence-corrected chi connectivity index (χ3v) is 2.53. The van der Waals surface area contributed by atoms with Gasteiger partial charge in [0, 0.05) is 0 Å². The first-order valence-electron chi connectivity index (χ1n) is 2.60. The van der Waals surface area contributed by atoms with Gasteiger partial charge in [0.1, 0.15) is 10.7 Å². The topological polar surface area (TPSA) is 100 Å². The quantitative estimate of drug-likeness (QED) is 0.417. The van der Waals surface area contributed by atoms with Crippen molar-refractivity contribution >= 4 is 35.3 Å². The van der Waals surface area contributed by atoms with E-state index in [4.69, 9.17) is 29.5 Å². The summed E-state index contributed by atoms with van der Waals surface area (Å²) in [5, 5.41) is 0. The number of hydrogen-bond donors (Lipinski definition) is 3. The molecule has 7 heteroatoms. The molecule has 1 heterocycles. The minimum atomic E-state index is -0.609. The molecule has 11 heavy (non-hydrogen) atoms. The Morgan fingerprint density at radius 2 is 2.18 bits per heavy atom. The minimum absolute atomic E-state index is 0.118. The van der Waals surface area contributed by atoms with Crippen LogP contribution in [0.5, 0.6) is 0 Å². The number of carbonyl (C=O) groups excluding carboxylic acids is 1. The van der Waals surface area contributed by atoms with E-state index in [9.17, 15) is 4.79 Å². The Labute approximate surface area is 71.4 Å². The van der Waals surface area contributed by atoms with Gasteiger partial charge in [-0.15, -0.1) is 0 Å². The fraction of sp³-hybridized carbons (Fsp3) is 0. The van der Waals surface area contributed by atoms with Crippen LogP contribution < -0.4 is 17.3 Å². The van der Waals surface area contributed by atoms with Crippen molar-refractivity contribution in [2.45, 2.75) is 0 Å². The Morgan fingerprint density at radius 3 is 2.36 bits per heavy atom. The van der Waals surface area contributed by atoms with E-state index < -0.39 is 5.91 Å². The van der Waals surface area contributed by atoms with Gasteiger partial charge in [0.25, 0.3) is 5.91 Å². The molecule has 0 spiro atoms. The molecule has 60 valence electrons. The highest BCUT2D eigenvalue weighted by Crippen LogP contribution is 2.18. The molecule has 0 atom stereocenters. The summed E-state index contributed by atoms with van der Waals surface area (Å²) >= 11 is 5.75. The molecule has 0 aliphatic rings. The Balaban J connectivity index is 3.42. The summed E-state index contributed by atoms with van der Waals surface area (Å²) in [7, 11) is 0. The number of amides is 1. The normalized spacial score (nSPS) is 9.82. The molecule has 1 aromatic heterocycles. The van der Waals surface area contributed by atoms with Gasteiger partial charge in [0.15, 0.2) is 3.95 Å². The molecular weight excluding hydrogens is 184 g/mol. The van der Waals surface area contributed by atoms with Crippen LogP contribution in [0.4, 0.5) is 5.82 Å². The fourth-order valence-corrected chi connectivity index (χ4v) is 1.60. The summed E-state index contributed by atoms with van der Waals surface area (Å²) in [6, 6.07) is 0. The van der Waals surface area contributed by atoms with Gasteiger partial charge in [0.05, 0.1) is 0 Å². The molecule has 6 N–H and O–H groups in total. The molecule has 0 saturated carbocycles. The zero-order chi connectivity index (χ0) is 8.59. The molecular formula is C4H6N4OS2. The van der Waals surface area contributed by atoms with E-state index in [-0.39, 0.29) is 10.7 Å². The van der Waals surface area contributed by atoms with Crippen LogP contribution in [0.2, 0.25) is 0 Å². The third kappa shape index (κ3) is 1.19. The van der Waals surface area contributed by atoms with Crippen molar-refractivity contribution in [3.63, 3.8) is 0 Å². The third-order valence-electron chi connectivity index (χ3n) is 1.10. The van der Waals surface area contributed by atoms with Crippen molar-refractivity contribution in [3.8, 4) is 0 Å². The predicted molar refractivity (Wildman–Crippen MR) is 46.2 cm³/mol. The Morgan fingerprint density at radius 1 is 1.64 bits per heavy atom. The average Bonchev–Trinajstić information content (AvgIpc) is 2.17. The Kier molecular flexibility index (Phi) is 1.83. The predicted octanol–water partition coefficient (Wildman–Crippen LogP) is -0.326. The first kappa shape index (κ1) is 8.02. The second-order valence-corrected chi connectivity index (χ2v) is 3.46. The van der Waals surface area contributed by atoms with Crippen LogP contribution in [0.3, 0.4) is 0 Å². The maximum Gasteiger partial charge on any atom is 0.262 e. The van der Waals surface area contributed by atoms with Crippen LogP contribution in [0.25, 0.3) is 0 Å². The number of primary amides is 1. The summed E-state index contributed by atoms with van der Waals surface area (Å²) in [5.41, 5.74) is 10.4. The highest BCUT2D eigenvalue weighted by molar-refractivity contribution is 7.73. The zero-order valence-corrected chi connectivity index (χ0v) is 7.04. The Bertz CT molecular complexity index is 351. The minimum Gasteiger partial charge on any atom is -0.382 e. The van der Waals surface area contributed by atoms with Gasteiger partial charge in [-0.3, -0.25) is 4.79 Å². The monoisotopic (exact) mass is 190 g/mol. The lowest BCUT2D eigenvalue weighted by Crippen LogP contribution is -2.16. The van der Waals surface area contributed by atoms with E-state index in [1.54, 1.807) is 0 Å². The SMILES string of the molecule is NC(=O)c1sc(=S)n(N)c1N. The van der Waals surface area contributed by atoms with Crippen LogP contribution in [-0.4, -0.2) is 10.6 Å². The van der Waals surface area contributed by atoms with Gasteiger partial charge in [-0.1, -0.05) is 11.3 Å². The van der Waals surface area contributed by atoms with Crippen molar-refractivity contribution < 1.29 is 4.79 Å². The van der Waals surface area contributed by atoms with Crippen molar-refractivity contribution in [2.75, 3.05) is 11.6 Å². The molecule has 0 saturated heterocycles. The lowest BCUT2D eigenvalue weighted by atomic mass is 10.5. The zero-order valence-electron chi connectivity index (χ0n) is 5.40. The van der Waals surface area contributed by atoms with Gasteiger partial charge in [0.2, 0.25) is 0 Å². The van der Waals surface area contributed by atoms with Gasteiger partial charge in [-0.25, -0.2) is 4.68 Å². The largest absolute Gasteiger partial charge is 0.382 e. The number of thiazole rings is 1. The van der Waals surface area contributed by atoms with Crippen LogP contribution in [0.1, 0.15) is 9.67 Å². The molecule has 0 radical (unpaired) electrons. The van der Waals surface area contributed by atoms with Crippen LogP contribution in [0.15, 0.2) is 0 Å². The molecule has 0 fully saturated rings. The number of anilines is 1. The molecule has 0 aliphatic heterocycles. The van der Waals surface area contributed by atoms with Gasteiger partial charge >= 0.3 is 0 Å². The van der Waals surface area contributed by atoms with E-state index >= 15 is 0 Å². The molecule has 1 rings (SSSR count). The van der Waals surface area contributed by atoms with E-state index in [1.807, 2.05) is 0 Å². The summed E-state index contributed by atoms with van der Waals surface area (Å²) in [4.78, 5) is 10.8. The standard InChI is InChI=1S/C4H6N4OS2/c5-2-1(3(6)9)11-4(10)8(2)7/h5,7H2,(H2,6,9). The Hall–Kier alpha value is -1.08. The second kappa shape index (κ2) is 2.51. The second-order valence-electron chi connectivity index (χ2n) is 1.82. The van der Waals surface area contributed by atoms with Gasteiger partial charge in [-0.05, 0) is 12.2 Å². The van der Waals surface area contributed by atoms with Crippen LogP contribution >= 0.6 is 23.6 Å². The number of nitrogen functional groups attached to an aromatic ring is 2. The van der Waals surface area contributed by atoms with Gasteiger partial charge in [-0.2, -0.15) is 0 Å². The fourth-order valence-electron chi connectivity index (χ4n) is 0.573. The number of hydrogen-bond acceptors (Lipinski definition) is 5. The highest BCUT2D eigenvalue weighted by atomic mass is 32.1. The van der Waals surface area contributed by atoms with Crippen LogP contribution in [-0.2, 0) is 0 Å². The molecule has 1 amide bonds.